The maximum absolute atomic E-state index is 3.76. The van der Waals surface area contributed by atoms with Gasteiger partial charge in [-0.05, 0) is 76.1 Å². The molecular weight excluding hydrogens is 288 g/mol. The van der Waals surface area contributed by atoms with Gasteiger partial charge in [0, 0.05) is 4.47 Å². The number of nitrogens with one attached hydrogen (secondary N) is 1. The Morgan fingerprint density at radius 2 is 2.06 bits per heavy atom. The van der Waals surface area contributed by atoms with Gasteiger partial charge in [0.1, 0.15) is 0 Å². The molecule has 0 saturated carbocycles. The van der Waals surface area contributed by atoms with E-state index in [9.17, 15) is 0 Å². The van der Waals surface area contributed by atoms with Crippen molar-refractivity contribution >= 4 is 15.9 Å². The van der Waals surface area contributed by atoms with Crippen molar-refractivity contribution in [1.29, 1.82) is 0 Å². The highest BCUT2D eigenvalue weighted by atomic mass is 79.9. The monoisotopic (exact) mass is 310 g/mol. The molecule has 0 amide bonds. The van der Waals surface area contributed by atoms with Gasteiger partial charge in [0.2, 0.25) is 0 Å². The first-order valence-electron chi connectivity index (χ1n) is 6.82. The predicted molar refractivity (Wildman–Crippen MR) is 81.2 cm³/mol. The van der Waals surface area contributed by atoms with Gasteiger partial charge in [-0.2, -0.15) is 0 Å². The van der Waals surface area contributed by atoms with Crippen LogP contribution in [0.5, 0.6) is 0 Å². The largest absolute Gasteiger partial charge is 0.319 e. The number of piperidine rings is 1. The molecular formula is C15H23BrN2. The molecule has 1 aliphatic rings. The fourth-order valence-electron chi connectivity index (χ4n) is 2.65. The minimum Gasteiger partial charge on any atom is -0.319 e. The van der Waals surface area contributed by atoms with E-state index in [2.05, 4.69) is 51.4 Å². The van der Waals surface area contributed by atoms with Crippen LogP contribution in [-0.2, 0) is 6.42 Å². The summed E-state index contributed by atoms with van der Waals surface area (Å²) in [5.74, 6) is 0.730. The molecule has 2 nitrogen and oxygen atoms in total. The van der Waals surface area contributed by atoms with E-state index in [1.54, 1.807) is 0 Å². The number of hydrogen-bond donors (Lipinski definition) is 1. The number of halogens is 1. The zero-order chi connectivity index (χ0) is 13.0. The Morgan fingerprint density at radius 3 is 2.67 bits per heavy atom. The lowest BCUT2D eigenvalue weighted by Gasteiger charge is -2.29. The fourth-order valence-corrected chi connectivity index (χ4v) is 3.40. The summed E-state index contributed by atoms with van der Waals surface area (Å²) in [5, 5.41) is 3.20. The summed E-state index contributed by atoms with van der Waals surface area (Å²) in [5.41, 5.74) is 2.91. The zero-order valence-electron chi connectivity index (χ0n) is 11.4. The highest BCUT2D eigenvalue weighted by Gasteiger charge is 2.20. The van der Waals surface area contributed by atoms with Crippen LogP contribution in [0.3, 0.4) is 0 Å². The van der Waals surface area contributed by atoms with E-state index < -0.39 is 0 Å². The molecule has 1 aromatic carbocycles. The standard InChI is InChI=1S/C15H23BrN2/c1-17-8-5-12-3-4-14(15(16)11-12)13-6-9-18(2)10-7-13/h3-4,11,13,17H,5-10H2,1-2H3. The third-order valence-corrected chi connectivity index (χ3v) is 4.57. The Hall–Kier alpha value is -0.380. The number of hydrogen-bond acceptors (Lipinski definition) is 2. The van der Waals surface area contributed by atoms with Crippen LogP contribution >= 0.6 is 15.9 Å². The summed E-state index contributed by atoms with van der Waals surface area (Å²) in [6.07, 6.45) is 3.67. The van der Waals surface area contributed by atoms with Gasteiger partial charge >= 0.3 is 0 Å². The number of likely N-dealkylation sites (N-methyl/N-ethyl adjacent to an activating group) is 1. The molecule has 0 aromatic heterocycles. The summed E-state index contributed by atoms with van der Waals surface area (Å²) in [7, 11) is 4.22. The van der Waals surface area contributed by atoms with Crippen molar-refractivity contribution in [2.24, 2.45) is 0 Å². The number of rotatable bonds is 4. The first-order valence-corrected chi connectivity index (χ1v) is 7.61. The minimum absolute atomic E-state index is 0.730. The van der Waals surface area contributed by atoms with Crippen molar-refractivity contribution in [3.8, 4) is 0 Å². The molecule has 1 saturated heterocycles. The van der Waals surface area contributed by atoms with Gasteiger partial charge in [0.15, 0.2) is 0 Å². The van der Waals surface area contributed by atoms with Crippen LogP contribution < -0.4 is 5.32 Å². The van der Waals surface area contributed by atoms with Crippen molar-refractivity contribution in [3.05, 3.63) is 33.8 Å². The summed E-state index contributed by atoms with van der Waals surface area (Å²) < 4.78 is 1.30. The smallest absolute Gasteiger partial charge is 0.0212 e. The molecule has 0 unspecified atom stereocenters. The van der Waals surface area contributed by atoms with Crippen LogP contribution in [0.4, 0.5) is 0 Å². The zero-order valence-corrected chi connectivity index (χ0v) is 13.0. The Morgan fingerprint density at radius 1 is 1.33 bits per heavy atom. The van der Waals surface area contributed by atoms with Crippen LogP contribution in [0.2, 0.25) is 0 Å². The van der Waals surface area contributed by atoms with Gasteiger partial charge in [-0.25, -0.2) is 0 Å². The summed E-state index contributed by atoms with van der Waals surface area (Å²) in [4.78, 5) is 2.42. The second-order valence-corrected chi connectivity index (χ2v) is 6.14. The summed E-state index contributed by atoms with van der Waals surface area (Å²) in [6.45, 7) is 3.48. The van der Waals surface area contributed by atoms with Gasteiger partial charge in [-0.3, -0.25) is 0 Å². The summed E-state index contributed by atoms with van der Waals surface area (Å²) in [6, 6.07) is 6.91. The molecule has 1 fully saturated rings. The van der Waals surface area contributed by atoms with E-state index in [1.807, 2.05) is 7.05 Å². The van der Waals surface area contributed by atoms with Gasteiger partial charge in [0.05, 0.1) is 0 Å². The van der Waals surface area contributed by atoms with Crippen LogP contribution in [0, 0.1) is 0 Å². The number of benzene rings is 1. The lowest BCUT2D eigenvalue weighted by atomic mass is 9.89. The van der Waals surface area contributed by atoms with Crippen LogP contribution in [0.1, 0.15) is 29.9 Å². The van der Waals surface area contributed by atoms with E-state index in [-0.39, 0.29) is 0 Å². The number of nitrogens with zero attached hydrogens (tertiary/aromatic N) is 1. The van der Waals surface area contributed by atoms with Gasteiger partial charge in [0.25, 0.3) is 0 Å². The summed E-state index contributed by atoms with van der Waals surface area (Å²) >= 11 is 3.76. The molecule has 1 aromatic rings. The lowest BCUT2D eigenvalue weighted by molar-refractivity contribution is 0.255. The average Bonchev–Trinajstić information content (AvgIpc) is 2.38. The Balaban J connectivity index is 2.05. The second kappa shape index (κ2) is 6.69. The molecule has 18 heavy (non-hydrogen) atoms. The van der Waals surface area contributed by atoms with E-state index >= 15 is 0 Å². The molecule has 3 heteroatoms. The highest BCUT2D eigenvalue weighted by Crippen LogP contribution is 2.33. The van der Waals surface area contributed by atoms with Crippen LogP contribution in [-0.4, -0.2) is 38.6 Å². The maximum Gasteiger partial charge on any atom is 0.0212 e. The van der Waals surface area contributed by atoms with Crippen molar-refractivity contribution in [2.75, 3.05) is 33.7 Å². The Bertz CT molecular complexity index is 384. The first kappa shape index (κ1) is 14.0. The van der Waals surface area contributed by atoms with Crippen molar-refractivity contribution in [1.82, 2.24) is 10.2 Å². The van der Waals surface area contributed by atoms with Crippen LogP contribution in [0.25, 0.3) is 0 Å². The molecule has 2 rings (SSSR count). The quantitative estimate of drug-likeness (QED) is 0.919. The highest BCUT2D eigenvalue weighted by molar-refractivity contribution is 9.10. The molecule has 100 valence electrons. The Labute approximate surface area is 119 Å². The Kier molecular flexibility index (Phi) is 5.22. The third kappa shape index (κ3) is 3.56. The van der Waals surface area contributed by atoms with Crippen LogP contribution in [0.15, 0.2) is 22.7 Å². The van der Waals surface area contributed by atoms with Gasteiger partial charge in [-0.15, -0.1) is 0 Å². The van der Waals surface area contributed by atoms with Crippen molar-refractivity contribution < 1.29 is 0 Å². The van der Waals surface area contributed by atoms with E-state index in [1.165, 1.54) is 41.5 Å². The van der Waals surface area contributed by atoms with E-state index in [4.69, 9.17) is 0 Å². The number of likely N-dealkylation sites (tertiary alicyclic amines) is 1. The lowest BCUT2D eigenvalue weighted by Crippen LogP contribution is -2.29. The van der Waals surface area contributed by atoms with Gasteiger partial charge < -0.3 is 10.2 Å². The maximum atomic E-state index is 3.76. The molecule has 1 aliphatic heterocycles. The molecule has 0 radical (unpaired) electrons. The normalized spacial score (nSPS) is 18.2. The molecule has 0 atom stereocenters. The molecule has 0 spiro atoms. The van der Waals surface area contributed by atoms with E-state index in [0.29, 0.717) is 0 Å². The minimum atomic E-state index is 0.730. The topological polar surface area (TPSA) is 15.3 Å². The second-order valence-electron chi connectivity index (χ2n) is 5.29. The van der Waals surface area contributed by atoms with E-state index in [0.717, 1.165) is 18.9 Å². The molecule has 1 heterocycles. The fraction of sp³-hybridized carbons (Fsp3) is 0.600. The van der Waals surface area contributed by atoms with Gasteiger partial charge in [-0.1, -0.05) is 28.1 Å². The van der Waals surface area contributed by atoms with Crippen molar-refractivity contribution in [3.63, 3.8) is 0 Å². The van der Waals surface area contributed by atoms with Crippen molar-refractivity contribution in [2.45, 2.75) is 25.2 Å². The third-order valence-electron chi connectivity index (χ3n) is 3.89. The molecule has 1 N–H and O–H groups in total. The SMILES string of the molecule is CNCCc1ccc(C2CCN(C)CC2)c(Br)c1. The average molecular weight is 311 g/mol. The first-order chi connectivity index (χ1) is 8.70. The molecule has 0 bridgehead atoms. The predicted octanol–water partition coefficient (Wildman–Crippen LogP) is 3.02. The molecule has 0 aliphatic carbocycles.